The minimum atomic E-state index is -0.222. The van der Waals surface area contributed by atoms with Crippen molar-refractivity contribution in [2.45, 2.75) is 6.04 Å². The molecule has 0 aliphatic carbocycles. The zero-order valence-corrected chi connectivity index (χ0v) is 8.20. The summed E-state index contributed by atoms with van der Waals surface area (Å²) >= 11 is 0. The summed E-state index contributed by atoms with van der Waals surface area (Å²) in [5.41, 5.74) is 0.527. The van der Waals surface area contributed by atoms with Gasteiger partial charge in [0.05, 0.1) is 11.7 Å². The van der Waals surface area contributed by atoms with Crippen molar-refractivity contribution in [3.05, 3.63) is 29.8 Å². The molecule has 1 N–H and O–H groups in total. The quantitative estimate of drug-likeness (QED) is 0.718. The van der Waals surface area contributed by atoms with E-state index in [-0.39, 0.29) is 11.9 Å². The lowest BCUT2D eigenvalue weighted by Crippen LogP contribution is -2.44. The van der Waals surface area contributed by atoms with Gasteiger partial charge in [0, 0.05) is 25.8 Å². The van der Waals surface area contributed by atoms with E-state index in [0.29, 0.717) is 5.69 Å². The number of nitrogens with one attached hydrogen (secondary N) is 1. The molecule has 76 valence electrons. The van der Waals surface area contributed by atoms with Crippen LogP contribution in [0.25, 0.3) is 0 Å². The molecule has 0 bridgehead atoms. The molecule has 0 saturated carbocycles. The van der Waals surface area contributed by atoms with E-state index in [1.807, 2.05) is 7.05 Å². The Morgan fingerprint density at radius 2 is 2.50 bits per heavy atom. The van der Waals surface area contributed by atoms with Crippen LogP contribution in [0.5, 0.6) is 0 Å². The van der Waals surface area contributed by atoms with Crippen LogP contribution >= 0.6 is 0 Å². The fourth-order valence-corrected chi connectivity index (χ4v) is 1.73. The molecule has 1 atom stereocenters. The lowest BCUT2D eigenvalue weighted by molar-refractivity contribution is 0.235. The van der Waals surface area contributed by atoms with Crippen LogP contribution in [0.15, 0.2) is 18.3 Å². The Balaban J connectivity index is 2.18. The van der Waals surface area contributed by atoms with E-state index in [1.165, 1.54) is 6.07 Å². The predicted octanol–water partition coefficient (Wildman–Crippen LogP) is 0.797. The van der Waals surface area contributed by atoms with Crippen molar-refractivity contribution in [3.8, 4) is 0 Å². The van der Waals surface area contributed by atoms with Gasteiger partial charge in [0.25, 0.3) is 0 Å². The maximum absolute atomic E-state index is 13.4. The van der Waals surface area contributed by atoms with E-state index >= 15 is 0 Å². The number of pyridine rings is 1. The van der Waals surface area contributed by atoms with Crippen LogP contribution in [0.1, 0.15) is 11.7 Å². The van der Waals surface area contributed by atoms with Gasteiger partial charge in [-0.25, -0.2) is 4.39 Å². The van der Waals surface area contributed by atoms with E-state index in [1.54, 1.807) is 12.3 Å². The van der Waals surface area contributed by atoms with Gasteiger partial charge in [-0.3, -0.25) is 4.98 Å². The summed E-state index contributed by atoms with van der Waals surface area (Å²) in [5, 5.41) is 3.26. The highest BCUT2D eigenvalue weighted by Crippen LogP contribution is 2.16. The van der Waals surface area contributed by atoms with E-state index in [9.17, 15) is 4.39 Å². The molecular formula is C10H14FN3. The molecule has 0 spiro atoms. The lowest BCUT2D eigenvalue weighted by Gasteiger charge is -2.30. The van der Waals surface area contributed by atoms with Crippen LogP contribution in [0.2, 0.25) is 0 Å². The molecule has 4 heteroatoms. The van der Waals surface area contributed by atoms with Crippen molar-refractivity contribution >= 4 is 0 Å². The number of nitrogens with zero attached hydrogens (tertiary/aromatic N) is 2. The van der Waals surface area contributed by atoms with Crippen molar-refractivity contribution in [3.63, 3.8) is 0 Å². The summed E-state index contributed by atoms with van der Waals surface area (Å²) in [7, 11) is 2.04. The van der Waals surface area contributed by atoms with Crippen LogP contribution in [-0.2, 0) is 0 Å². The van der Waals surface area contributed by atoms with Crippen LogP contribution < -0.4 is 5.32 Å². The Kier molecular flexibility index (Phi) is 2.74. The third kappa shape index (κ3) is 1.91. The van der Waals surface area contributed by atoms with E-state index in [0.717, 1.165) is 19.6 Å². The molecule has 14 heavy (non-hydrogen) atoms. The first-order valence-electron chi connectivity index (χ1n) is 4.79. The molecule has 1 aliphatic rings. The number of hydrogen-bond acceptors (Lipinski definition) is 3. The molecule has 0 aromatic carbocycles. The molecule has 1 aliphatic heterocycles. The SMILES string of the molecule is CN1CCNC(c2ncccc2F)C1. The van der Waals surface area contributed by atoms with Gasteiger partial charge in [0.15, 0.2) is 0 Å². The molecule has 0 amide bonds. The molecule has 3 nitrogen and oxygen atoms in total. The summed E-state index contributed by atoms with van der Waals surface area (Å²) in [6.45, 7) is 2.70. The van der Waals surface area contributed by atoms with Gasteiger partial charge in [-0.15, -0.1) is 0 Å². The lowest BCUT2D eigenvalue weighted by atomic mass is 10.1. The maximum atomic E-state index is 13.4. The van der Waals surface area contributed by atoms with E-state index in [2.05, 4.69) is 15.2 Å². The molecule has 1 aromatic rings. The molecule has 1 unspecified atom stereocenters. The van der Waals surface area contributed by atoms with Gasteiger partial charge < -0.3 is 10.2 Å². The van der Waals surface area contributed by atoms with Crippen molar-refractivity contribution in [2.75, 3.05) is 26.7 Å². The predicted molar refractivity (Wildman–Crippen MR) is 52.4 cm³/mol. The van der Waals surface area contributed by atoms with E-state index in [4.69, 9.17) is 0 Å². The van der Waals surface area contributed by atoms with Crippen molar-refractivity contribution in [1.82, 2.24) is 15.2 Å². The molecule has 2 heterocycles. The van der Waals surface area contributed by atoms with Crippen LogP contribution in [-0.4, -0.2) is 36.6 Å². The van der Waals surface area contributed by atoms with Crippen LogP contribution in [0, 0.1) is 5.82 Å². The molecular weight excluding hydrogens is 181 g/mol. The number of halogens is 1. The maximum Gasteiger partial charge on any atom is 0.146 e. The minimum absolute atomic E-state index is 0.0231. The van der Waals surface area contributed by atoms with Gasteiger partial charge in [0.1, 0.15) is 5.82 Å². The smallest absolute Gasteiger partial charge is 0.146 e. The Hall–Kier alpha value is -1.00. The molecule has 1 fully saturated rings. The van der Waals surface area contributed by atoms with E-state index < -0.39 is 0 Å². The average Bonchev–Trinajstić information content (AvgIpc) is 2.18. The number of aromatic nitrogens is 1. The first-order chi connectivity index (χ1) is 6.77. The van der Waals surface area contributed by atoms with Gasteiger partial charge in [-0.1, -0.05) is 0 Å². The highest BCUT2D eigenvalue weighted by molar-refractivity contribution is 5.12. The normalized spacial score (nSPS) is 23.7. The highest BCUT2D eigenvalue weighted by Gasteiger charge is 2.21. The number of likely N-dealkylation sites (N-methyl/N-ethyl adjacent to an activating group) is 1. The third-order valence-corrected chi connectivity index (χ3v) is 2.50. The Bertz CT molecular complexity index is 316. The Labute approximate surface area is 82.9 Å². The summed E-state index contributed by atoms with van der Waals surface area (Å²) in [6, 6.07) is 3.10. The standard InChI is InChI=1S/C10H14FN3/c1-14-6-5-12-9(7-14)10-8(11)3-2-4-13-10/h2-4,9,12H,5-7H2,1H3. The van der Waals surface area contributed by atoms with Gasteiger partial charge in [-0.05, 0) is 19.2 Å². The first-order valence-corrected chi connectivity index (χ1v) is 4.79. The molecule has 1 aromatic heterocycles. The summed E-state index contributed by atoms with van der Waals surface area (Å²) in [5.74, 6) is -0.222. The van der Waals surface area contributed by atoms with Gasteiger partial charge in [0.2, 0.25) is 0 Å². The fourth-order valence-electron chi connectivity index (χ4n) is 1.73. The number of piperazine rings is 1. The monoisotopic (exact) mass is 195 g/mol. The minimum Gasteiger partial charge on any atom is -0.306 e. The molecule has 2 rings (SSSR count). The van der Waals surface area contributed by atoms with Gasteiger partial charge >= 0.3 is 0 Å². The first kappa shape index (κ1) is 9.55. The van der Waals surface area contributed by atoms with Crippen molar-refractivity contribution in [1.29, 1.82) is 0 Å². The van der Waals surface area contributed by atoms with Crippen molar-refractivity contribution < 1.29 is 4.39 Å². The fraction of sp³-hybridized carbons (Fsp3) is 0.500. The summed E-state index contributed by atoms with van der Waals surface area (Å²) in [4.78, 5) is 6.25. The number of hydrogen-bond donors (Lipinski definition) is 1. The van der Waals surface area contributed by atoms with Crippen LogP contribution in [0.4, 0.5) is 4.39 Å². The summed E-state index contributed by atoms with van der Waals surface area (Å²) < 4.78 is 13.4. The Morgan fingerprint density at radius 1 is 1.64 bits per heavy atom. The molecule has 1 saturated heterocycles. The van der Waals surface area contributed by atoms with Crippen molar-refractivity contribution in [2.24, 2.45) is 0 Å². The second-order valence-corrected chi connectivity index (χ2v) is 3.64. The second-order valence-electron chi connectivity index (χ2n) is 3.64. The topological polar surface area (TPSA) is 28.2 Å². The highest BCUT2D eigenvalue weighted by atomic mass is 19.1. The Morgan fingerprint density at radius 3 is 3.21 bits per heavy atom. The third-order valence-electron chi connectivity index (χ3n) is 2.50. The van der Waals surface area contributed by atoms with Gasteiger partial charge in [-0.2, -0.15) is 0 Å². The molecule has 0 radical (unpaired) electrons. The zero-order valence-electron chi connectivity index (χ0n) is 8.20. The second kappa shape index (κ2) is 4.02. The van der Waals surface area contributed by atoms with Crippen LogP contribution in [0.3, 0.4) is 0 Å². The zero-order chi connectivity index (χ0) is 9.97. The average molecular weight is 195 g/mol. The largest absolute Gasteiger partial charge is 0.306 e. The summed E-state index contributed by atoms with van der Waals surface area (Å²) in [6.07, 6.45) is 1.63. The number of rotatable bonds is 1.